The fraction of sp³-hybridized carbons (Fsp3) is 0.200. The monoisotopic (exact) mass is 330 g/mol. The van der Waals surface area contributed by atoms with Gasteiger partial charge < -0.3 is 10.6 Å². The maximum absolute atomic E-state index is 11.2. The highest BCUT2D eigenvalue weighted by atomic mass is 35.5. The van der Waals surface area contributed by atoms with Gasteiger partial charge >= 0.3 is 0 Å². The number of rotatable bonds is 4. The van der Waals surface area contributed by atoms with Crippen LogP contribution in [0.3, 0.4) is 0 Å². The molecule has 1 amide bonds. The molecule has 0 spiro atoms. The number of nitrogens with two attached hydrogens (primary N) is 1. The highest BCUT2D eigenvalue weighted by molar-refractivity contribution is 6.30. The lowest BCUT2D eigenvalue weighted by molar-refractivity contribution is -0.116. The van der Waals surface area contributed by atoms with Crippen molar-refractivity contribution in [3.8, 4) is 5.69 Å². The van der Waals surface area contributed by atoms with Crippen LogP contribution in [-0.2, 0) is 4.79 Å². The van der Waals surface area contributed by atoms with Crippen molar-refractivity contribution in [2.45, 2.75) is 6.92 Å². The molecular weight excluding hydrogens is 316 g/mol. The number of hydrogen-bond acceptors (Lipinski definition) is 5. The highest BCUT2D eigenvalue weighted by Crippen LogP contribution is 2.25. The van der Waals surface area contributed by atoms with Crippen molar-refractivity contribution in [1.82, 2.24) is 19.7 Å². The minimum absolute atomic E-state index is 0.0634. The van der Waals surface area contributed by atoms with Gasteiger partial charge in [-0.2, -0.15) is 5.10 Å². The van der Waals surface area contributed by atoms with Gasteiger partial charge in [0.1, 0.15) is 11.6 Å². The van der Waals surface area contributed by atoms with Crippen LogP contribution in [0.1, 0.15) is 5.82 Å². The minimum Gasteiger partial charge on any atom is -0.368 e. The Bertz CT molecular complexity index is 891. The van der Waals surface area contributed by atoms with Gasteiger partial charge in [0.15, 0.2) is 5.65 Å². The molecule has 3 aromatic rings. The van der Waals surface area contributed by atoms with Crippen LogP contribution >= 0.6 is 11.6 Å². The van der Waals surface area contributed by atoms with Gasteiger partial charge in [0.05, 0.1) is 23.8 Å². The molecule has 3 rings (SSSR count). The fourth-order valence-corrected chi connectivity index (χ4v) is 2.58. The molecule has 7 nitrogen and oxygen atoms in total. The van der Waals surface area contributed by atoms with E-state index in [1.54, 1.807) is 41.9 Å². The van der Waals surface area contributed by atoms with E-state index >= 15 is 0 Å². The SMILES string of the molecule is Cc1nc(N(C)CC(N)=O)c2cnn(-c3cccc(Cl)c3)c2n1. The van der Waals surface area contributed by atoms with Crippen LogP contribution in [0.2, 0.25) is 5.02 Å². The molecule has 0 saturated heterocycles. The van der Waals surface area contributed by atoms with E-state index in [0.717, 1.165) is 11.1 Å². The number of benzene rings is 1. The number of aromatic nitrogens is 4. The quantitative estimate of drug-likeness (QED) is 0.786. The number of amides is 1. The van der Waals surface area contributed by atoms with Crippen molar-refractivity contribution in [3.63, 3.8) is 0 Å². The fourth-order valence-electron chi connectivity index (χ4n) is 2.40. The minimum atomic E-state index is -0.431. The summed E-state index contributed by atoms with van der Waals surface area (Å²) in [6.07, 6.45) is 1.67. The third kappa shape index (κ3) is 2.95. The molecule has 8 heteroatoms. The second kappa shape index (κ2) is 5.85. The number of carbonyl (C=O) groups is 1. The van der Waals surface area contributed by atoms with Gasteiger partial charge in [-0.15, -0.1) is 0 Å². The van der Waals surface area contributed by atoms with E-state index in [2.05, 4.69) is 15.1 Å². The van der Waals surface area contributed by atoms with Crippen LogP contribution in [0.5, 0.6) is 0 Å². The van der Waals surface area contributed by atoms with E-state index in [0.29, 0.717) is 22.3 Å². The van der Waals surface area contributed by atoms with Crippen LogP contribution < -0.4 is 10.6 Å². The van der Waals surface area contributed by atoms with Gasteiger partial charge in [-0.1, -0.05) is 17.7 Å². The molecule has 23 heavy (non-hydrogen) atoms. The molecule has 0 aliphatic heterocycles. The van der Waals surface area contributed by atoms with Gasteiger partial charge in [0, 0.05) is 12.1 Å². The Morgan fingerprint density at radius 3 is 2.87 bits per heavy atom. The maximum atomic E-state index is 11.2. The summed E-state index contributed by atoms with van der Waals surface area (Å²) in [5.41, 5.74) is 6.71. The molecule has 2 heterocycles. The highest BCUT2D eigenvalue weighted by Gasteiger charge is 2.16. The molecule has 0 fully saturated rings. The predicted molar refractivity (Wildman–Crippen MR) is 88.9 cm³/mol. The van der Waals surface area contributed by atoms with Gasteiger partial charge in [-0.05, 0) is 25.1 Å². The molecular formula is C15H15ClN6O. The Morgan fingerprint density at radius 1 is 1.39 bits per heavy atom. The zero-order chi connectivity index (χ0) is 16.6. The number of carbonyl (C=O) groups excluding carboxylic acids is 1. The average molecular weight is 331 g/mol. The summed E-state index contributed by atoms with van der Waals surface area (Å²) in [4.78, 5) is 21.7. The Labute approximate surface area is 137 Å². The van der Waals surface area contributed by atoms with Gasteiger partial charge in [0.25, 0.3) is 0 Å². The molecule has 0 aliphatic carbocycles. The average Bonchev–Trinajstić information content (AvgIpc) is 2.89. The first kappa shape index (κ1) is 15.2. The Hall–Kier alpha value is -2.67. The maximum Gasteiger partial charge on any atom is 0.236 e. The lowest BCUT2D eigenvalue weighted by Crippen LogP contribution is -2.31. The molecule has 0 aliphatic rings. The van der Waals surface area contributed by atoms with E-state index in [4.69, 9.17) is 17.3 Å². The summed E-state index contributed by atoms with van der Waals surface area (Å²) >= 11 is 6.05. The third-order valence-electron chi connectivity index (χ3n) is 3.33. The first-order valence-electron chi connectivity index (χ1n) is 6.93. The zero-order valence-corrected chi connectivity index (χ0v) is 13.4. The van der Waals surface area contributed by atoms with Crippen LogP contribution in [0.25, 0.3) is 16.7 Å². The number of anilines is 1. The van der Waals surface area contributed by atoms with Crippen molar-refractivity contribution in [3.05, 3.63) is 41.3 Å². The summed E-state index contributed by atoms with van der Waals surface area (Å²) in [6, 6.07) is 7.34. The summed E-state index contributed by atoms with van der Waals surface area (Å²) in [6.45, 7) is 1.85. The van der Waals surface area contributed by atoms with E-state index in [-0.39, 0.29) is 6.54 Å². The summed E-state index contributed by atoms with van der Waals surface area (Å²) < 4.78 is 1.69. The standard InChI is InChI=1S/C15H15ClN6O/c1-9-19-14(21(2)8-13(17)23)12-7-18-22(15(12)20-9)11-5-3-4-10(16)6-11/h3-7H,8H2,1-2H3,(H2,17,23). The van der Waals surface area contributed by atoms with Gasteiger partial charge in [-0.3, -0.25) is 4.79 Å². The number of hydrogen-bond donors (Lipinski definition) is 1. The number of halogens is 1. The van der Waals surface area contributed by atoms with E-state index in [1.165, 1.54) is 0 Å². The summed E-state index contributed by atoms with van der Waals surface area (Å²) in [7, 11) is 1.75. The number of likely N-dealkylation sites (N-methyl/N-ethyl adjacent to an activating group) is 1. The number of nitrogens with zero attached hydrogens (tertiary/aromatic N) is 5. The number of fused-ring (bicyclic) bond motifs is 1. The van der Waals surface area contributed by atoms with Gasteiger partial charge in [0.2, 0.25) is 5.91 Å². The Kier molecular flexibility index (Phi) is 3.87. The number of primary amides is 1. The predicted octanol–water partition coefficient (Wildman–Crippen LogP) is 1.70. The normalized spacial score (nSPS) is 10.9. The number of aryl methyl sites for hydroxylation is 1. The van der Waals surface area contributed by atoms with Crippen LogP contribution in [0, 0.1) is 6.92 Å². The second-order valence-corrected chi connectivity index (χ2v) is 5.63. The summed E-state index contributed by atoms with van der Waals surface area (Å²) in [5.74, 6) is 0.756. The molecule has 0 radical (unpaired) electrons. The van der Waals surface area contributed by atoms with Gasteiger partial charge in [-0.25, -0.2) is 14.6 Å². The molecule has 0 bridgehead atoms. The molecule has 2 N–H and O–H groups in total. The van der Waals surface area contributed by atoms with Crippen LogP contribution in [-0.4, -0.2) is 39.2 Å². The largest absolute Gasteiger partial charge is 0.368 e. The van der Waals surface area contributed by atoms with Crippen molar-refractivity contribution in [2.75, 3.05) is 18.5 Å². The lowest BCUT2D eigenvalue weighted by Gasteiger charge is -2.17. The van der Waals surface area contributed by atoms with E-state index < -0.39 is 5.91 Å². The van der Waals surface area contributed by atoms with Crippen LogP contribution in [0.4, 0.5) is 5.82 Å². The molecule has 1 aromatic carbocycles. The van der Waals surface area contributed by atoms with Crippen molar-refractivity contribution in [2.24, 2.45) is 5.73 Å². The van der Waals surface area contributed by atoms with Crippen molar-refractivity contribution < 1.29 is 4.79 Å². The Morgan fingerprint density at radius 2 is 2.17 bits per heavy atom. The van der Waals surface area contributed by atoms with Crippen molar-refractivity contribution in [1.29, 1.82) is 0 Å². The molecule has 0 saturated carbocycles. The van der Waals surface area contributed by atoms with Crippen molar-refractivity contribution >= 4 is 34.4 Å². The van der Waals surface area contributed by atoms with E-state index in [9.17, 15) is 4.79 Å². The smallest absolute Gasteiger partial charge is 0.236 e. The zero-order valence-electron chi connectivity index (χ0n) is 12.7. The summed E-state index contributed by atoms with van der Waals surface area (Å²) in [5, 5.41) is 5.73. The third-order valence-corrected chi connectivity index (χ3v) is 3.56. The lowest BCUT2D eigenvalue weighted by atomic mass is 10.3. The molecule has 118 valence electrons. The van der Waals surface area contributed by atoms with E-state index in [1.807, 2.05) is 12.1 Å². The molecule has 0 atom stereocenters. The molecule has 0 unspecified atom stereocenters. The first-order chi connectivity index (χ1) is 11.0. The first-order valence-corrected chi connectivity index (χ1v) is 7.31. The molecule has 2 aromatic heterocycles. The topological polar surface area (TPSA) is 89.9 Å². The second-order valence-electron chi connectivity index (χ2n) is 5.19. The Balaban J connectivity index is 2.17. The van der Waals surface area contributed by atoms with Crippen LogP contribution in [0.15, 0.2) is 30.5 Å².